The Morgan fingerprint density at radius 3 is 2.80 bits per heavy atom. The molecular weight excluding hydrogens is 216 g/mol. The number of non-ortho nitro benzene ring substituents is 1. The largest absolute Gasteiger partial charge is 0.280 e. The molecule has 0 aliphatic carbocycles. The molecule has 0 aliphatic rings. The zero-order valence-electron chi connectivity index (χ0n) is 7.90. The van der Waals surface area contributed by atoms with E-state index in [4.69, 9.17) is 11.6 Å². The molecule has 0 saturated carbocycles. The summed E-state index contributed by atoms with van der Waals surface area (Å²) in [7, 11) is 0. The first-order valence-electron chi connectivity index (χ1n) is 4.29. The molecule has 76 valence electrons. The van der Waals surface area contributed by atoms with Crippen LogP contribution in [0.3, 0.4) is 0 Å². The number of hydrogen-bond donors (Lipinski definition) is 0. The molecule has 0 amide bonds. The van der Waals surface area contributed by atoms with E-state index >= 15 is 0 Å². The van der Waals surface area contributed by atoms with E-state index in [2.05, 4.69) is 4.98 Å². The zero-order valence-corrected chi connectivity index (χ0v) is 8.65. The fraction of sp³-hybridized carbons (Fsp3) is 0.100. The fourth-order valence-corrected chi connectivity index (χ4v) is 1.74. The van der Waals surface area contributed by atoms with Crippen LogP contribution in [0.2, 0.25) is 5.02 Å². The van der Waals surface area contributed by atoms with Gasteiger partial charge in [-0.2, -0.15) is 0 Å². The van der Waals surface area contributed by atoms with E-state index in [0.29, 0.717) is 15.9 Å². The van der Waals surface area contributed by atoms with Crippen LogP contribution in [0.4, 0.5) is 5.69 Å². The molecule has 4 nitrogen and oxygen atoms in total. The van der Waals surface area contributed by atoms with E-state index in [-0.39, 0.29) is 5.69 Å². The van der Waals surface area contributed by atoms with Crippen molar-refractivity contribution in [3.8, 4) is 0 Å². The number of nitrogens with zero attached hydrogens (tertiary/aromatic N) is 2. The summed E-state index contributed by atoms with van der Waals surface area (Å²) in [6.07, 6.45) is 1.54. The molecule has 2 rings (SSSR count). The van der Waals surface area contributed by atoms with Crippen molar-refractivity contribution in [3.63, 3.8) is 0 Å². The Bertz CT molecular complexity index is 554. The van der Waals surface area contributed by atoms with Gasteiger partial charge < -0.3 is 0 Å². The SMILES string of the molecule is Cc1ccc([N+](=O)[O-])c2c(Cl)ccnc12. The number of pyridine rings is 1. The number of halogens is 1. The summed E-state index contributed by atoms with van der Waals surface area (Å²) in [5, 5.41) is 11.6. The highest BCUT2D eigenvalue weighted by Gasteiger charge is 2.16. The van der Waals surface area contributed by atoms with Crippen LogP contribution in [0.5, 0.6) is 0 Å². The molecule has 0 aliphatic heterocycles. The predicted molar refractivity (Wildman–Crippen MR) is 58.1 cm³/mol. The number of aryl methyl sites for hydroxylation is 1. The van der Waals surface area contributed by atoms with E-state index in [1.807, 2.05) is 6.92 Å². The predicted octanol–water partition coefficient (Wildman–Crippen LogP) is 3.10. The number of fused-ring (bicyclic) bond motifs is 1. The van der Waals surface area contributed by atoms with Crippen molar-refractivity contribution in [2.24, 2.45) is 0 Å². The molecule has 2 aromatic rings. The second-order valence-electron chi connectivity index (χ2n) is 3.18. The van der Waals surface area contributed by atoms with Gasteiger partial charge in [0.05, 0.1) is 20.8 Å². The second kappa shape index (κ2) is 3.47. The van der Waals surface area contributed by atoms with Gasteiger partial charge >= 0.3 is 0 Å². The first-order chi connectivity index (χ1) is 7.11. The van der Waals surface area contributed by atoms with Crippen LogP contribution in [0.15, 0.2) is 24.4 Å². The van der Waals surface area contributed by atoms with Crippen LogP contribution in [-0.2, 0) is 0 Å². The third-order valence-corrected chi connectivity index (χ3v) is 2.53. The molecule has 5 heteroatoms. The van der Waals surface area contributed by atoms with Gasteiger partial charge in [-0.15, -0.1) is 0 Å². The third-order valence-electron chi connectivity index (χ3n) is 2.22. The summed E-state index contributed by atoms with van der Waals surface area (Å²) >= 11 is 5.93. The molecule has 0 spiro atoms. The quantitative estimate of drug-likeness (QED) is 0.550. The number of aromatic nitrogens is 1. The summed E-state index contributed by atoms with van der Waals surface area (Å²) in [5.41, 5.74) is 1.45. The van der Waals surface area contributed by atoms with Gasteiger partial charge in [0.15, 0.2) is 0 Å². The highest BCUT2D eigenvalue weighted by atomic mass is 35.5. The molecule has 0 unspecified atom stereocenters. The topological polar surface area (TPSA) is 56.0 Å². The van der Waals surface area contributed by atoms with Crippen molar-refractivity contribution in [1.29, 1.82) is 0 Å². The molecule has 15 heavy (non-hydrogen) atoms. The van der Waals surface area contributed by atoms with E-state index in [9.17, 15) is 10.1 Å². The molecule has 1 aromatic heterocycles. The van der Waals surface area contributed by atoms with Crippen LogP contribution >= 0.6 is 11.6 Å². The summed E-state index contributed by atoms with van der Waals surface area (Å²) in [6.45, 7) is 1.84. The molecule has 0 radical (unpaired) electrons. The van der Waals surface area contributed by atoms with Crippen molar-refractivity contribution >= 4 is 28.2 Å². The lowest BCUT2D eigenvalue weighted by molar-refractivity contribution is -0.383. The standard InChI is InChI=1S/C10H7ClN2O2/c1-6-2-3-8(13(14)15)9-7(11)4-5-12-10(6)9/h2-5H,1H3. The van der Waals surface area contributed by atoms with Gasteiger partial charge in [0.25, 0.3) is 5.69 Å². The molecule has 0 saturated heterocycles. The second-order valence-corrected chi connectivity index (χ2v) is 3.58. The molecule has 0 atom stereocenters. The number of nitro benzene ring substituents is 1. The Morgan fingerprint density at radius 2 is 2.13 bits per heavy atom. The summed E-state index contributed by atoms with van der Waals surface area (Å²) in [5.74, 6) is 0. The van der Waals surface area contributed by atoms with Crippen LogP contribution in [0, 0.1) is 17.0 Å². The molecule has 0 N–H and O–H groups in total. The Kier molecular flexibility index (Phi) is 2.28. The van der Waals surface area contributed by atoms with E-state index in [0.717, 1.165) is 5.56 Å². The normalized spacial score (nSPS) is 10.5. The highest BCUT2D eigenvalue weighted by molar-refractivity contribution is 6.36. The Morgan fingerprint density at radius 1 is 1.40 bits per heavy atom. The van der Waals surface area contributed by atoms with Crippen molar-refractivity contribution in [2.75, 3.05) is 0 Å². The first-order valence-corrected chi connectivity index (χ1v) is 4.67. The van der Waals surface area contributed by atoms with E-state index < -0.39 is 4.92 Å². The number of benzene rings is 1. The average molecular weight is 223 g/mol. The van der Waals surface area contributed by atoms with Gasteiger partial charge in [-0.1, -0.05) is 17.7 Å². The zero-order chi connectivity index (χ0) is 11.0. The van der Waals surface area contributed by atoms with Crippen molar-refractivity contribution in [3.05, 3.63) is 45.1 Å². The van der Waals surface area contributed by atoms with Gasteiger partial charge in [-0.05, 0) is 18.6 Å². The van der Waals surface area contributed by atoms with Crippen LogP contribution < -0.4 is 0 Å². The van der Waals surface area contributed by atoms with E-state index in [1.165, 1.54) is 6.07 Å². The molecule has 1 aromatic carbocycles. The smallest absolute Gasteiger partial charge is 0.258 e. The van der Waals surface area contributed by atoms with Crippen LogP contribution in [-0.4, -0.2) is 9.91 Å². The van der Waals surface area contributed by atoms with Gasteiger partial charge in [0.2, 0.25) is 0 Å². The van der Waals surface area contributed by atoms with Gasteiger partial charge in [0, 0.05) is 12.3 Å². The average Bonchev–Trinajstić information content (AvgIpc) is 2.19. The highest BCUT2D eigenvalue weighted by Crippen LogP contribution is 2.32. The van der Waals surface area contributed by atoms with Crippen LogP contribution in [0.1, 0.15) is 5.56 Å². The summed E-state index contributed by atoms with van der Waals surface area (Å²) < 4.78 is 0. The third kappa shape index (κ3) is 1.53. The minimum Gasteiger partial charge on any atom is -0.258 e. The summed E-state index contributed by atoms with van der Waals surface area (Å²) in [6, 6.07) is 4.67. The minimum absolute atomic E-state index is 0.00583. The van der Waals surface area contributed by atoms with Gasteiger partial charge in [-0.25, -0.2) is 0 Å². The lowest BCUT2D eigenvalue weighted by Gasteiger charge is -2.03. The number of hydrogen-bond acceptors (Lipinski definition) is 3. The Labute approximate surface area is 90.7 Å². The molecule has 0 fully saturated rings. The minimum atomic E-state index is -0.449. The van der Waals surface area contributed by atoms with Crippen molar-refractivity contribution in [2.45, 2.75) is 6.92 Å². The maximum absolute atomic E-state index is 10.8. The maximum Gasteiger partial charge on any atom is 0.280 e. The summed E-state index contributed by atoms with van der Waals surface area (Å²) in [4.78, 5) is 14.4. The molecule has 1 heterocycles. The van der Waals surface area contributed by atoms with Crippen molar-refractivity contribution < 1.29 is 4.92 Å². The number of rotatable bonds is 1. The first kappa shape index (κ1) is 9.86. The van der Waals surface area contributed by atoms with Gasteiger partial charge in [0.1, 0.15) is 0 Å². The van der Waals surface area contributed by atoms with Crippen molar-refractivity contribution in [1.82, 2.24) is 4.98 Å². The Hall–Kier alpha value is -1.68. The van der Waals surface area contributed by atoms with E-state index in [1.54, 1.807) is 18.3 Å². The van der Waals surface area contributed by atoms with Gasteiger partial charge in [-0.3, -0.25) is 15.1 Å². The lowest BCUT2D eigenvalue weighted by atomic mass is 10.1. The lowest BCUT2D eigenvalue weighted by Crippen LogP contribution is -1.92. The fourth-order valence-electron chi connectivity index (χ4n) is 1.50. The molecule has 0 bridgehead atoms. The Balaban J connectivity index is 2.96. The number of nitro groups is 1. The van der Waals surface area contributed by atoms with Crippen LogP contribution in [0.25, 0.3) is 10.9 Å². The monoisotopic (exact) mass is 222 g/mol. The molecular formula is C10H7ClN2O2. The maximum atomic E-state index is 10.8.